The zero-order valence-electron chi connectivity index (χ0n) is 9.77. The number of benzene rings is 2. The monoisotopic (exact) mass is 280 g/mol. The van der Waals surface area contributed by atoms with E-state index in [2.05, 4.69) is 5.32 Å². The summed E-state index contributed by atoms with van der Waals surface area (Å²) in [7, 11) is 0. The van der Waals surface area contributed by atoms with E-state index in [4.69, 9.17) is 11.6 Å². The van der Waals surface area contributed by atoms with Gasteiger partial charge in [0.15, 0.2) is 0 Å². The first-order valence-electron chi connectivity index (χ1n) is 5.49. The van der Waals surface area contributed by atoms with Crippen molar-refractivity contribution in [2.24, 2.45) is 0 Å². The minimum absolute atomic E-state index is 0.0641. The molecular formula is C13H10ClFN2O2. The fourth-order valence-corrected chi connectivity index (χ4v) is 1.93. The first-order chi connectivity index (χ1) is 9.08. The summed E-state index contributed by atoms with van der Waals surface area (Å²) in [6, 6.07) is 10.6. The number of hydrogen-bond acceptors (Lipinski definition) is 3. The lowest BCUT2D eigenvalue weighted by molar-refractivity contribution is -0.383. The number of nitrogens with one attached hydrogen (secondary N) is 1. The number of nitrogens with zero attached hydrogens (tertiary/aromatic N) is 1. The summed E-state index contributed by atoms with van der Waals surface area (Å²) < 4.78 is 13.0. The van der Waals surface area contributed by atoms with E-state index in [1.807, 2.05) is 0 Å². The smallest absolute Gasteiger partial charge is 0.310 e. The molecule has 0 aliphatic heterocycles. The third-order valence-electron chi connectivity index (χ3n) is 2.54. The lowest BCUT2D eigenvalue weighted by atomic mass is 10.2. The van der Waals surface area contributed by atoms with Crippen LogP contribution in [-0.4, -0.2) is 4.92 Å². The molecule has 0 aliphatic carbocycles. The van der Waals surface area contributed by atoms with Gasteiger partial charge in [-0.1, -0.05) is 29.8 Å². The Morgan fingerprint density at radius 1 is 1.26 bits per heavy atom. The van der Waals surface area contributed by atoms with Crippen LogP contribution in [0.25, 0.3) is 0 Å². The number of nitro benzene ring substituents is 1. The Bertz CT molecular complexity index is 619. The molecule has 0 aliphatic rings. The number of rotatable bonds is 4. The molecule has 2 aromatic carbocycles. The predicted molar refractivity (Wildman–Crippen MR) is 71.8 cm³/mol. The van der Waals surface area contributed by atoms with Crippen molar-refractivity contribution in [2.45, 2.75) is 6.54 Å². The van der Waals surface area contributed by atoms with E-state index in [1.165, 1.54) is 18.2 Å². The lowest BCUT2D eigenvalue weighted by Gasteiger charge is -2.08. The molecule has 0 amide bonds. The molecule has 0 fully saturated rings. The number of nitro groups is 1. The molecule has 0 heterocycles. The van der Waals surface area contributed by atoms with Crippen molar-refractivity contribution in [2.75, 3.05) is 5.32 Å². The molecule has 0 radical (unpaired) electrons. The van der Waals surface area contributed by atoms with Crippen molar-refractivity contribution in [1.29, 1.82) is 0 Å². The van der Waals surface area contributed by atoms with Gasteiger partial charge in [-0.05, 0) is 29.8 Å². The Kier molecular flexibility index (Phi) is 3.97. The fraction of sp³-hybridized carbons (Fsp3) is 0.0769. The van der Waals surface area contributed by atoms with Crippen LogP contribution in [0.15, 0.2) is 42.5 Å². The SMILES string of the molecule is O=[N+]([O-])c1c(Cl)cccc1NCc1cccc(F)c1. The molecule has 19 heavy (non-hydrogen) atoms. The highest BCUT2D eigenvalue weighted by atomic mass is 35.5. The summed E-state index contributed by atoms with van der Waals surface area (Å²) in [5, 5.41) is 13.9. The second-order valence-corrected chi connectivity index (χ2v) is 4.28. The van der Waals surface area contributed by atoms with Crippen molar-refractivity contribution < 1.29 is 9.31 Å². The molecule has 0 unspecified atom stereocenters. The second kappa shape index (κ2) is 5.67. The Balaban J connectivity index is 2.20. The molecule has 4 nitrogen and oxygen atoms in total. The molecule has 1 N–H and O–H groups in total. The first-order valence-corrected chi connectivity index (χ1v) is 5.87. The van der Waals surface area contributed by atoms with Crippen LogP contribution in [0, 0.1) is 15.9 Å². The van der Waals surface area contributed by atoms with E-state index in [9.17, 15) is 14.5 Å². The third kappa shape index (κ3) is 3.20. The van der Waals surface area contributed by atoms with Gasteiger partial charge < -0.3 is 5.32 Å². The Morgan fingerprint density at radius 2 is 2.00 bits per heavy atom. The number of para-hydroxylation sites is 1. The van der Waals surface area contributed by atoms with Crippen LogP contribution in [0.5, 0.6) is 0 Å². The summed E-state index contributed by atoms with van der Waals surface area (Å²) in [5.74, 6) is -0.347. The zero-order chi connectivity index (χ0) is 13.8. The van der Waals surface area contributed by atoms with Crippen LogP contribution in [0.4, 0.5) is 15.8 Å². The number of halogens is 2. The van der Waals surface area contributed by atoms with Crippen LogP contribution in [0.2, 0.25) is 5.02 Å². The van der Waals surface area contributed by atoms with E-state index >= 15 is 0 Å². The van der Waals surface area contributed by atoms with Gasteiger partial charge in [0.25, 0.3) is 0 Å². The molecule has 0 aromatic heterocycles. The summed E-state index contributed by atoms with van der Waals surface area (Å²) in [5.41, 5.74) is 0.816. The number of hydrogen-bond donors (Lipinski definition) is 1. The molecular weight excluding hydrogens is 271 g/mol. The Labute approximate surface area is 114 Å². The average Bonchev–Trinajstić information content (AvgIpc) is 2.36. The van der Waals surface area contributed by atoms with E-state index in [0.717, 1.165) is 0 Å². The summed E-state index contributed by atoms with van der Waals surface area (Å²) in [4.78, 5) is 10.4. The minimum Gasteiger partial charge on any atom is -0.375 e. The van der Waals surface area contributed by atoms with Gasteiger partial charge in [0.1, 0.15) is 16.5 Å². The van der Waals surface area contributed by atoms with Crippen molar-refractivity contribution in [1.82, 2.24) is 0 Å². The standard InChI is InChI=1S/C13H10ClFN2O2/c14-11-5-2-6-12(13(11)17(18)19)16-8-9-3-1-4-10(15)7-9/h1-7,16H,8H2. The Hall–Kier alpha value is -2.14. The lowest BCUT2D eigenvalue weighted by Crippen LogP contribution is -2.03. The molecule has 0 bridgehead atoms. The van der Waals surface area contributed by atoms with Gasteiger partial charge in [0.05, 0.1) is 4.92 Å². The summed E-state index contributed by atoms with van der Waals surface area (Å²) in [6.45, 7) is 0.277. The second-order valence-electron chi connectivity index (χ2n) is 3.88. The molecule has 0 spiro atoms. The third-order valence-corrected chi connectivity index (χ3v) is 2.85. The van der Waals surface area contributed by atoms with Gasteiger partial charge in [0.2, 0.25) is 0 Å². The highest BCUT2D eigenvalue weighted by Crippen LogP contribution is 2.32. The molecule has 2 aromatic rings. The maximum absolute atomic E-state index is 13.0. The first kappa shape index (κ1) is 13.3. The normalized spacial score (nSPS) is 10.2. The van der Waals surface area contributed by atoms with E-state index in [1.54, 1.807) is 24.3 Å². The Morgan fingerprint density at radius 3 is 2.68 bits per heavy atom. The van der Waals surface area contributed by atoms with Gasteiger partial charge >= 0.3 is 5.69 Å². The molecule has 6 heteroatoms. The summed E-state index contributed by atoms with van der Waals surface area (Å²) >= 11 is 5.79. The largest absolute Gasteiger partial charge is 0.375 e. The van der Waals surface area contributed by atoms with Crippen molar-refractivity contribution in [3.8, 4) is 0 Å². The van der Waals surface area contributed by atoms with Crippen molar-refractivity contribution in [3.05, 3.63) is 69.0 Å². The minimum atomic E-state index is -0.545. The fourth-order valence-electron chi connectivity index (χ4n) is 1.69. The van der Waals surface area contributed by atoms with Crippen LogP contribution < -0.4 is 5.32 Å². The van der Waals surface area contributed by atoms with Crippen LogP contribution in [0.3, 0.4) is 0 Å². The zero-order valence-corrected chi connectivity index (χ0v) is 10.5. The maximum atomic E-state index is 13.0. The molecule has 0 atom stereocenters. The van der Waals surface area contributed by atoms with Gasteiger partial charge in [-0.3, -0.25) is 10.1 Å². The molecule has 98 valence electrons. The van der Waals surface area contributed by atoms with E-state index in [0.29, 0.717) is 11.3 Å². The molecule has 2 rings (SSSR count). The van der Waals surface area contributed by atoms with Crippen LogP contribution in [-0.2, 0) is 6.54 Å². The van der Waals surface area contributed by atoms with Gasteiger partial charge in [-0.15, -0.1) is 0 Å². The van der Waals surface area contributed by atoms with E-state index < -0.39 is 4.92 Å². The highest BCUT2D eigenvalue weighted by molar-refractivity contribution is 6.33. The molecule has 0 saturated carbocycles. The number of anilines is 1. The maximum Gasteiger partial charge on any atom is 0.310 e. The van der Waals surface area contributed by atoms with Crippen molar-refractivity contribution >= 4 is 23.0 Å². The van der Waals surface area contributed by atoms with Gasteiger partial charge in [-0.25, -0.2) is 4.39 Å². The van der Waals surface area contributed by atoms with Gasteiger partial charge in [-0.2, -0.15) is 0 Å². The van der Waals surface area contributed by atoms with E-state index in [-0.39, 0.29) is 23.1 Å². The van der Waals surface area contributed by atoms with Crippen LogP contribution >= 0.6 is 11.6 Å². The highest BCUT2D eigenvalue weighted by Gasteiger charge is 2.17. The topological polar surface area (TPSA) is 55.2 Å². The average molecular weight is 281 g/mol. The van der Waals surface area contributed by atoms with Crippen molar-refractivity contribution in [3.63, 3.8) is 0 Å². The predicted octanol–water partition coefficient (Wildman–Crippen LogP) is 4.00. The van der Waals surface area contributed by atoms with Gasteiger partial charge in [0, 0.05) is 6.54 Å². The summed E-state index contributed by atoms with van der Waals surface area (Å²) in [6.07, 6.45) is 0. The quantitative estimate of drug-likeness (QED) is 0.680. The van der Waals surface area contributed by atoms with Crippen LogP contribution in [0.1, 0.15) is 5.56 Å². The molecule has 0 saturated heterocycles.